The molecule has 1 aromatic heterocycles. The van der Waals surface area contributed by atoms with E-state index in [4.69, 9.17) is 0 Å². The average Bonchev–Trinajstić information content (AvgIpc) is 2.73. The van der Waals surface area contributed by atoms with Crippen LogP contribution in [0, 0.1) is 0 Å². The van der Waals surface area contributed by atoms with Crippen molar-refractivity contribution in [2.24, 2.45) is 7.05 Å². The zero-order valence-corrected chi connectivity index (χ0v) is 9.77. The van der Waals surface area contributed by atoms with Crippen LogP contribution in [0.3, 0.4) is 0 Å². The molecule has 0 aliphatic rings. The number of hydrogen-bond acceptors (Lipinski definition) is 2. The summed E-state index contributed by atoms with van der Waals surface area (Å²) < 4.78 is 1.82. The molecule has 0 aliphatic carbocycles. The highest BCUT2D eigenvalue weighted by atomic mass is 15.3. The van der Waals surface area contributed by atoms with E-state index >= 15 is 0 Å². The van der Waals surface area contributed by atoms with Crippen LogP contribution in [0.2, 0.25) is 0 Å². The lowest BCUT2D eigenvalue weighted by atomic mass is 10.1. The molecule has 0 saturated carbocycles. The van der Waals surface area contributed by atoms with E-state index in [2.05, 4.69) is 41.6 Å². The molecule has 0 radical (unpaired) electrons. The van der Waals surface area contributed by atoms with Gasteiger partial charge in [-0.2, -0.15) is 5.10 Å². The number of hydrogen-bond donors (Lipinski definition) is 1. The molecule has 1 heterocycles. The van der Waals surface area contributed by atoms with Crippen molar-refractivity contribution >= 4 is 5.69 Å². The minimum absolute atomic E-state index is 0.770. The van der Waals surface area contributed by atoms with Gasteiger partial charge in [-0.1, -0.05) is 19.1 Å². The largest absolute Gasteiger partial charge is 0.379 e. The summed E-state index contributed by atoms with van der Waals surface area (Å²) in [5.41, 5.74) is 3.56. The first kappa shape index (κ1) is 10.7. The maximum atomic E-state index is 4.31. The quantitative estimate of drug-likeness (QED) is 0.849. The van der Waals surface area contributed by atoms with Gasteiger partial charge in [0.15, 0.2) is 0 Å². The number of rotatable bonds is 4. The van der Waals surface area contributed by atoms with E-state index in [1.165, 1.54) is 5.56 Å². The Bertz CT molecular complexity index is 442. The van der Waals surface area contributed by atoms with Gasteiger partial charge in [0.1, 0.15) is 0 Å². The van der Waals surface area contributed by atoms with Gasteiger partial charge in [0.2, 0.25) is 0 Å². The first-order chi connectivity index (χ1) is 7.78. The molecule has 1 aromatic carbocycles. The molecule has 0 saturated heterocycles. The van der Waals surface area contributed by atoms with Gasteiger partial charge in [-0.15, -0.1) is 0 Å². The average molecular weight is 215 g/mol. The molecule has 84 valence electrons. The van der Waals surface area contributed by atoms with E-state index in [9.17, 15) is 0 Å². The van der Waals surface area contributed by atoms with Crippen LogP contribution in [0.15, 0.2) is 36.5 Å². The summed E-state index contributed by atoms with van der Waals surface area (Å²) >= 11 is 0. The standard InChI is InChI=1S/C13H17N3/c1-3-11-4-6-12(7-5-11)14-10-13-8-9-16(2)15-13/h4-9,14H,3,10H2,1-2H3. The van der Waals surface area contributed by atoms with Crippen molar-refractivity contribution in [2.45, 2.75) is 19.9 Å². The molecule has 3 nitrogen and oxygen atoms in total. The lowest BCUT2D eigenvalue weighted by Gasteiger charge is -2.05. The zero-order valence-electron chi connectivity index (χ0n) is 9.77. The van der Waals surface area contributed by atoms with Crippen LogP contribution in [0.25, 0.3) is 0 Å². The molecule has 0 fully saturated rings. The van der Waals surface area contributed by atoms with Gasteiger partial charge < -0.3 is 5.32 Å². The summed E-state index contributed by atoms with van der Waals surface area (Å²) in [7, 11) is 1.93. The third-order valence-electron chi connectivity index (χ3n) is 2.60. The summed E-state index contributed by atoms with van der Waals surface area (Å²) in [6, 6.07) is 10.6. The van der Waals surface area contributed by atoms with Crippen molar-refractivity contribution in [1.82, 2.24) is 9.78 Å². The van der Waals surface area contributed by atoms with E-state index in [1.807, 2.05) is 24.0 Å². The van der Waals surface area contributed by atoms with Gasteiger partial charge in [-0.05, 0) is 30.2 Å². The van der Waals surface area contributed by atoms with Crippen LogP contribution < -0.4 is 5.32 Å². The Morgan fingerprint density at radius 1 is 1.19 bits per heavy atom. The summed E-state index contributed by atoms with van der Waals surface area (Å²) in [6.07, 6.45) is 3.04. The molecule has 0 unspecified atom stereocenters. The maximum absolute atomic E-state index is 4.31. The van der Waals surface area contributed by atoms with Crippen molar-refractivity contribution in [3.8, 4) is 0 Å². The van der Waals surface area contributed by atoms with Gasteiger partial charge in [0.05, 0.1) is 12.2 Å². The van der Waals surface area contributed by atoms with Crippen molar-refractivity contribution in [2.75, 3.05) is 5.32 Å². The molecular formula is C13H17N3. The van der Waals surface area contributed by atoms with Crippen LogP contribution in [0.4, 0.5) is 5.69 Å². The van der Waals surface area contributed by atoms with Gasteiger partial charge in [0.25, 0.3) is 0 Å². The lowest BCUT2D eigenvalue weighted by Crippen LogP contribution is -2.01. The maximum Gasteiger partial charge on any atom is 0.0815 e. The Kier molecular flexibility index (Phi) is 3.25. The third kappa shape index (κ3) is 2.63. The van der Waals surface area contributed by atoms with Crippen molar-refractivity contribution in [3.63, 3.8) is 0 Å². The van der Waals surface area contributed by atoms with Gasteiger partial charge in [-0.25, -0.2) is 0 Å². The summed E-state index contributed by atoms with van der Waals surface area (Å²) in [5.74, 6) is 0. The first-order valence-electron chi connectivity index (χ1n) is 5.59. The van der Waals surface area contributed by atoms with E-state index < -0.39 is 0 Å². The molecule has 2 aromatic rings. The van der Waals surface area contributed by atoms with Crippen molar-refractivity contribution in [1.29, 1.82) is 0 Å². The molecule has 0 amide bonds. The summed E-state index contributed by atoms with van der Waals surface area (Å²) in [4.78, 5) is 0. The lowest BCUT2D eigenvalue weighted by molar-refractivity contribution is 0.747. The van der Waals surface area contributed by atoms with E-state index in [1.54, 1.807) is 0 Å². The predicted molar refractivity (Wildman–Crippen MR) is 66.4 cm³/mol. The van der Waals surface area contributed by atoms with E-state index in [-0.39, 0.29) is 0 Å². The Balaban J connectivity index is 1.94. The van der Waals surface area contributed by atoms with Crippen LogP contribution in [-0.2, 0) is 20.0 Å². The first-order valence-corrected chi connectivity index (χ1v) is 5.59. The Morgan fingerprint density at radius 3 is 2.50 bits per heavy atom. The van der Waals surface area contributed by atoms with Crippen molar-refractivity contribution in [3.05, 3.63) is 47.8 Å². The second-order valence-corrected chi connectivity index (χ2v) is 3.88. The third-order valence-corrected chi connectivity index (χ3v) is 2.60. The number of anilines is 1. The topological polar surface area (TPSA) is 29.9 Å². The van der Waals surface area contributed by atoms with Crippen LogP contribution >= 0.6 is 0 Å². The predicted octanol–water partition coefficient (Wildman–Crippen LogP) is 2.59. The SMILES string of the molecule is CCc1ccc(NCc2ccn(C)n2)cc1. The number of nitrogens with one attached hydrogen (secondary N) is 1. The van der Waals surface area contributed by atoms with Gasteiger partial charge in [-0.3, -0.25) is 4.68 Å². The monoisotopic (exact) mass is 215 g/mol. The second kappa shape index (κ2) is 4.84. The molecule has 3 heteroatoms. The molecule has 0 spiro atoms. The highest BCUT2D eigenvalue weighted by Crippen LogP contribution is 2.10. The molecule has 2 rings (SSSR count). The van der Waals surface area contributed by atoms with E-state index in [0.29, 0.717) is 0 Å². The number of aromatic nitrogens is 2. The highest BCUT2D eigenvalue weighted by molar-refractivity contribution is 5.44. The number of benzene rings is 1. The fourth-order valence-electron chi connectivity index (χ4n) is 1.61. The number of aryl methyl sites for hydroxylation is 2. The normalized spacial score (nSPS) is 10.4. The number of nitrogens with zero attached hydrogens (tertiary/aromatic N) is 2. The zero-order chi connectivity index (χ0) is 11.4. The van der Waals surface area contributed by atoms with Crippen LogP contribution in [-0.4, -0.2) is 9.78 Å². The fourth-order valence-corrected chi connectivity index (χ4v) is 1.61. The van der Waals surface area contributed by atoms with Crippen molar-refractivity contribution < 1.29 is 0 Å². The summed E-state index contributed by atoms with van der Waals surface area (Å²) in [5, 5.41) is 7.66. The van der Waals surface area contributed by atoms with Gasteiger partial charge in [0, 0.05) is 18.9 Å². The second-order valence-electron chi connectivity index (χ2n) is 3.88. The molecule has 16 heavy (non-hydrogen) atoms. The minimum atomic E-state index is 0.770. The van der Waals surface area contributed by atoms with Gasteiger partial charge >= 0.3 is 0 Å². The Morgan fingerprint density at radius 2 is 1.94 bits per heavy atom. The molecule has 0 aliphatic heterocycles. The molecular weight excluding hydrogens is 198 g/mol. The van der Waals surface area contributed by atoms with Crippen LogP contribution in [0.5, 0.6) is 0 Å². The molecule has 0 atom stereocenters. The Hall–Kier alpha value is -1.77. The van der Waals surface area contributed by atoms with Crippen LogP contribution in [0.1, 0.15) is 18.2 Å². The Labute approximate surface area is 96.1 Å². The fraction of sp³-hybridized carbons (Fsp3) is 0.308. The summed E-state index contributed by atoms with van der Waals surface area (Å²) in [6.45, 7) is 2.93. The highest BCUT2D eigenvalue weighted by Gasteiger charge is 1.97. The smallest absolute Gasteiger partial charge is 0.0815 e. The molecule has 1 N–H and O–H groups in total. The minimum Gasteiger partial charge on any atom is -0.379 e. The molecule has 0 bridgehead atoms. The van der Waals surface area contributed by atoms with E-state index in [0.717, 1.165) is 24.3 Å².